The molecule has 0 aliphatic carbocycles. The van der Waals surface area contributed by atoms with Gasteiger partial charge in [-0.05, 0) is 19.1 Å². The SMILES string of the molecule is Cc1cc(C(=O)N2CCN(C(=O)CCOc3ccccc3)CC2)no1. The maximum Gasteiger partial charge on any atom is 0.276 e. The number of carbonyl (C=O) groups excluding carboxylic acids is 2. The van der Waals surface area contributed by atoms with Gasteiger partial charge in [0.2, 0.25) is 5.91 Å². The zero-order valence-electron chi connectivity index (χ0n) is 14.2. The number of carbonyl (C=O) groups is 2. The van der Waals surface area contributed by atoms with Gasteiger partial charge in [-0.15, -0.1) is 0 Å². The fourth-order valence-corrected chi connectivity index (χ4v) is 2.72. The molecule has 7 heteroatoms. The molecule has 1 aliphatic heterocycles. The van der Waals surface area contributed by atoms with Gasteiger partial charge in [0, 0.05) is 32.2 Å². The second-order valence-corrected chi connectivity index (χ2v) is 5.91. The van der Waals surface area contributed by atoms with Gasteiger partial charge in [-0.1, -0.05) is 23.4 Å². The number of amides is 2. The Labute approximate surface area is 146 Å². The summed E-state index contributed by atoms with van der Waals surface area (Å²) in [5.74, 6) is 1.25. The number of ether oxygens (including phenoxy) is 1. The quantitative estimate of drug-likeness (QED) is 0.826. The number of hydrogen-bond acceptors (Lipinski definition) is 5. The van der Waals surface area contributed by atoms with Gasteiger partial charge >= 0.3 is 0 Å². The number of nitrogens with zero attached hydrogens (tertiary/aromatic N) is 3. The van der Waals surface area contributed by atoms with E-state index in [2.05, 4.69) is 5.16 Å². The molecule has 0 spiro atoms. The number of benzene rings is 1. The maximum absolute atomic E-state index is 12.3. The summed E-state index contributed by atoms with van der Waals surface area (Å²) in [5.41, 5.74) is 0.313. The summed E-state index contributed by atoms with van der Waals surface area (Å²) in [4.78, 5) is 28.0. The van der Waals surface area contributed by atoms with E-state index in [9.17, 15) is 9.59 Å². The first-order chi connectivity index (χ1) is 12.1. The van der Waals surface area contributed by atoms with Crippen molar-refractivity contribution in [2.75, 3.05) is 32.8 Å². The van der Waals surface area contributed by atoms with Crippen LogP contribution in [0.15, 0.2) is 40.9 Å². The van der Waals surface area contributed by atoms with Crippen LogP contribution in [0.5, 0.6) is 5.75 Å². The molecule has 0 radical (unpaired) electrons. The van der Waals surface area contributed by atoms with Crippen LogP contribution in [0.4, 0.5) is 0 Å². The molecule has 3 rings (SSSR count). The Bertz CT molecular complexity index is 721. The highest BCUT2D eigenvalue weighted by molar-refractivity contribution is 5.92. The zero-order valence-corrected chi connectivity index (χ0v) is 14.2. The van der Waals surface area contributed by atoms with Crippen LogP contribution in [0.1, 0.15) is 22.7 Å². The van der Waals surface area contributed by atoms with Crippen LogP contribution in [0.25, 0.3) is 0 Å². The van der Waals surface area contributed by atoms with Crippen molar-refractivity contribution in [2.45, 2.75) is 13.3 Å². The van der Waals surface area contributed by atoms with E-state index < -0.39 is 0 Å². The highest BCUT2D eigenvalue weighted by atomic mass is 16.5. The first-order valence-electron chi connectivity index (χ1n) is 8.32. The van der Waals surface area contributed by atoms with Crippen molar-refractivity contribution in [2.24, 2.45) is 0 Å². The molecule has 0 saturated carbocycles. The lowest BCUT2D eigenvalue weighted by Gasteiger charge is -2.34. The fraction of sp³-hybridized carbons (Fsp3) is 0.389. The average molecular weight is 343 g/mol. The van der Waals surface area contributed by atoms with E-state index >= 15 is 0 Å². The molecule has 0 N–H and O–H groups in total. The highest BCUT2D eigenvalue weighted by Crippen LogP contribution is 2.11. The molecule has 1 fully saturated rings. The molecule has 0 atom stereocenters. The number of piperazine rings is 1. The van der Waals surface area contributed by atoms with Gasteiger partial charge < -0.3 is 19.1 Å². The second-order valence-electron chi connectivity index (χ2n) is 5.91. The third kappa shape index (κ3) is 4.37. The smallest absolute Gasteiger partial charge is 0.276 e. The number of para-hydroxylation sites is 1. The number of rotatable bonds is 5. The van der Waals surface area contributed by atoms with Crippen LogP contribution in [-0.4, -0.2) is 59.6 Å². The van der Waals surface area contributed by atoms with Gasteiger partial charge in [0.1, 0.15) is 11.5 Å². The number of aromatic nitrogens is 1. The summed E-state index contributed by atoms with van der Waals surface area (Å²) in [6.07, 6.45) is 0.325. The summed E-state index contributed by atoms with van der Waals surface area (Å²) in [6.45, 7) is 4.13. The van der Waals surface area contributed by atoms with E-state index in [0.717, 1.165) is 5.75 Å². The topological polar surface area (TPSA) is 75.9 Å². The molecule has 1 aromatic heterocycles. The van der Waals surface area contributed by atoms with Crippen LogP contribution in [0.3, 0.4) is 0 Å². The normalized spacial score (nSPS) is 14.4. The first-order valence-corrected chi connectivity index (χ1v) is 8.32. The Morgan fingerprint density at radius 2 is 1.80 bits per heavy atom. The van der Waals surface area contributed by atoms with Gasteiger partial charge in [-0.3, -0.25) is 9.59 Å². The van der Waals surface area contributed by atoms with Crippen molar-refractivity contribution in [3.8, 4) is 5.75 Å². The van der Waals surface area contributed by atoms with Crippen molar-refractivity contribution in [1.82, 2.24) is 15.0 Å². The van der Waals surface area contributed by atoms with Crippen molar-refractivity contribution in [3.63, 3.8) is 0 Å². The highest BCUT2D eigenvalue weighted by Gasteiger charge is 2.26. The Balaban J connectivity index is 1.42. The lowest BCUT2D eigenvalue weighted by Crippen LogP contribution is -2.50. The molecular weight excluding hydrogens is 322 g/mol. The molecule has 1 saturated heterocycles. The Morgan fingerprint density at radius 3 is 2.44 bits per heavy atom. The van der Waals surface area contributed by atoms with Gasteiger partial charge in [-0.2, -0.15) is 0 Å². The maximum atomic E-state index is 12.3. The van der Waals surface area contributed by atoms with E-state index in [1.807, 2.05) is 30.3 Å². The van der Waals surface area contributed by atoms with Crippen molar-refractivity contribution in [3.05, 3.63) is 47.9 Å². The Hall–Kier alpha value is -2.83. The third-order valence-electron chi connectivity index (χ3n) is 4.09. The predicted octanol–water partition coefficient (Wildman–Crippen LogP) is 1.74. The molecule has 1 aromatic carbocycles. The van der Waals surface area contributed by atoms with Gasteiger partial charge in [0.25, 0.3) is 5.91 Å². The van der Waals surface area contributed by atoms with Gasteiger partial charge in [-0.25, -0.2) is 0 Å². The molecular formula is C18H21N3O4. The third-order valence-corrected chi connectivity index (χ3v) is 4.09. The van der Waals surface area contributed by atoms with Crippen LogP contribution >= 0.6 is 0 Å². The van der Waals surface area contributed by atoms with Crippen molar-refractivity contribution >= 4 is 11.8 Å². The Kier molecular flexibility index (Phi) is 5.33. The van der Waals surface area contributed by atoms with Crippen LogP contribution < -0.4 is 4.74 Å². The molecule has 2 amide bonds. The number of aryl methyl sites for hydroxylation is 1. The fourth-order valence-electron chi connectivity index (χ4n) is 2.72. The zero-order chi connectivity index (χ0) is 17.6. The molecule has 0 unspecified atom stereocenters. The minimum Gasteiger partial charge on any atom is -0.493 e. The molecule has 0 bridgehead atoms. The van der Waals surface area contributed by atoms with E-state index in [4.69, 9.17) is 9.26 Å². The lowest BCUT2D eigenvalue weighted by atomic mass is 10.2. The minimum absolute atomic E-state index is 0.0420. The second kappa shape index (κ2) is 7.83. The average Bonchev–Trinajstić information content (AvgIpc) is 3.08. The molecule has 2 aromatic rings. The molecule has 7 nitrogen and oxygen atoms in total. The van der Waals surface area contributed by atoms with Crippen molar-refractivity contribution < 1.29 is 18.8 Å². The molecule has 1 aliphatic rings. The summed E-state index contributed by atoms with van der Waals surface area (Å²) < 4.78 is 10.5. The molecule has 2 heterocycles. The van der Waals surface area contributed by atoms with Crippen molar-refractivity contribution in [1.29, 1.82) is 0 Å². The van der Waals surface area contributed by atoms with Gasteiger partial charge in [0.15, 0.2) is 5.69 Å². The van der Waals surface area contributed by atoms with E-state index in [-0.39, 0.29) is 11.8 Å². The summed E-state index contributed by atoms with van der Waals surface area (Å²) in [6, 6.07) is 11.1. The molecule has 25 heavy (non-hydrogen) atoms. The van der Waals surface area contributed by atoms with Crippen LogP contribution in [-0.2, 0) is 4.79 Å². The summed E-state index contributed by atoms with van der Waals surface area (Å²) in [7, 11) is 0. The monoisotopic (exact) mass is 343 g/mol. The summed E-state index contributed by atoms with van der Waals surface area (Å²) >= 11 is 0. The van der Waals surface area contributed by atoms with Gasteiger partial charge in [0.05, 0.1) is 13.0 Å². The van der Waals surface area contributed by atoms with E-state index in [1.165, 1.54) is 0 Å². The standard InChI is InChI=1S/C18H21N3O4/c1-14-13-16(19-25-14)18(23)21-10-8-20(9-11-21)17(22)7-12-24-15-5-3-2-4-6-15/h2-6,13H,7-12H2,1H3. The van der Waals surface area contributed by atoms with E-state index in [0.29, 0.717) is 50.7 Å². The Morgan fingerprint density at radius 1 is 1.12 bits per heavy atom. The van der Waals surface area contributed by atoms with Crippen LogP contribution in [0, 0.1) is 6.92 Å². The largest absolute Gasteiger partial charge is 0.493 e. The first kappa shape index (κ1) is 17.0. The minimum atomic E-state index is -0.156. The summed E-state index contributed by atoms with van der Waals surface area (Å²) in [5, 5.41) is 3.75. The molecule has 132 valence electrons. The number of hydrogen-bond donors (Lipinski definition) is 0. The van der Waals surface area contributed by atoms with Crippen LogP contribution in [0.2, 0.25) is 0 Å². The van der Waals surface area contributed by atoms with E-state index in [1.54, 1.807) is 22.8 Å². The lowest BCUT2D eigenvalue weighted by molar-refractivity contribution is -0.133. The predicted molar refractivity (Wildman–Crippen MR) is 90.3 cm³/mol.